The van der Waals surface area contributed by atoms with Crippen LogP contribution in [-0.4, -0.2) is 0 Å². The molecule has 0 N–H and O–H groups in total. The van der Waals surface area contributed by atoms with E-state index in [1.807, 2.05) is 0 Å². The molecule has 58 heavy (non-hydrogen) atoms. The quantitative estimate of drug-likeness (QED) is 0.130. The summed E-state index contributed by atoms with van der Waals surface area (Å²) in [6.07, 6.45) is 0. The Kier molecular flexibility index (Phi) is 7.22. The third-order valence-corrected chi connectivity index (χ3v) is 12.5. The van der Waals surface area contributed by atoms with E-state index in [4.69, 9.17) is 8.83 Å². The summed E-state index contributed by atoms with van der Waals surface area (Å²) in [6.45, 7) is 4.52. The molecule has 1 atom stereocenters. The number of hydrogen-bond acceptors (Lipinski definition) is 2. The average Bonchev–Trinajstić information content (AvgIpc) is 3.82. The molecule has 0 saturated carbocycles. The molecule has 12 aromatic rings. The molecule has 2 nitrogen and oxygen atoms in total. The maximum atomic E-state index is 6.79. The van der Waals surface area contributed by atoms with Gasteiger partial charge in [0.2, 0.25) is 0 Å². The molecule has 12 rings (SSSR count). The Balaban J connectivity index is 1.13. The number of furan rings is 2. The minimum Gasteiger partial charge on any atom is -0.456 e. The lowest BCUT2D eigenvalue weighted by atomic mass is 9.77. The first-order valence-corrected chi connectivity index (χ1v) is 20.3. The van der Waals surface area contributed by atoms with E-state index in [0.717, 1.165) is 43.9 Å². The molecule has 0 aliphatic heterocycles. The summed E-state index contributed by atoms with van der Waals surface area (Å²) in [6, 6.07) is 66.7. The second-order valence-corrected chi connectivity index (χ2v) is 16.2. The Morgan fingerprint density at radius 2 is 0.931 bits per heavy atom. The van der Waals surface area contributed by atoms with Gasteiger partial charge in [-0.15, -0.1) is 0 Å². The van der Waals surface area contributed by atoms with Gasteiger partial charge in [-0.3, -0.25) is 0 Å². The van der Waals surface area contributed by atoms with E-state index in [9.17, 15) is 0 Å². The summed E-state index contributed by atoms with van der Waals surface area (Å²) in [7, 11) is 0. The highest BCUT2D eigenvalue weighted by Crippen LogP contribution is 2.48. The second kappa shape index (κ2) is 12.7. The van der Waals surface area contributed by atoms with Crippen LogP contribution in [0.2, 0.25) is 0 Å². The van der Waals surface area contributed by atoms with Crippen LogP contribution >= 0.6 is 0 Å². The molecule has 0 radical (unpaired) electrons. The first kappa shape index (κ1) is 33.0. The first-order chi connectivity index (χ1) is 28.6. The van der Waals surface area contributed by atoms with Crippen molar-refractivity contribution in [3.63, 3.8) is 0 Å². The van der Waals surface area contributed by atoms with Crippen molar-refractivity contribution < 1.29 is 8.83 Å². The molecule has 274 valence electrons. The van der Waals surface area contributed by atoms with Crippen molar-refractivity contribution in [2.75, 3.05) is 0 Å². The standard InChI is InChI=1S/C56H38O2/c1-33(2)34-22-24-35(25-23-34)54(47-20-11-19-46-41-14-9-10-21-50(41)58-56(46)47)55-44-17-7-5-15-42(44)53(43-16-6-8-18-45(43)55)38-26-27-51-48(30-38)49-31-39-28-36-12-3-4-13-37(36)29-40(39)32-52(49)57-51/h3-33,54H,1-2H3. The van der Waals surface area contributed by atoms with Gasteiger partial charge in [-0.2, -0.15) is 0 Å². The lowest BCUT2D eigenvalue weighted by Crippen LogP contribution is -2.07. The molecule has 0 bridgehead atoms. The van der Waals surface area contributed by atoms with Gasteiger partial charge >= 0.3 is 0 Å². The maximum Gasteiger partial charge on any atom is 0.139 e. The lowest BCUT2D eigenvalue weighted by molar-refractivity contribution is 0.661. The molecule has 0 fully saturated rings. The maximum absolute atomic E-state index is 6.79. The van der Waals surface area contributed by atoms with E-state index in [1.165, 1.54) is 76.5 Å². The zero-order valence-corrected chi connectivity index (χ0v) is 32.3. The molecule has 0 spiro atoms. The van der Waals surface area contributed by atoms with E-state index in [1.54, 1.807) is 0 Å². The van der Waals surface area contributed by atoms with Gasteiger partial charge in [0.25, 0.3) is 0 Å². The molecule has 0 aliphatic carbocycles. The van der Waals surface area contributed by atoms with Crippen LogP contribution in [0.15, 0.2) is 191 Å². The van der Waals surface area contributed by atoms with Gasteiger partial charge in [-0.1, -0.05) is 153 Å². The zero-order valence-electron chi connectivity index (χ0n) is 32.3. The van der Waals surface area contributed by atoms with E-state index in [2.05, 4.69) is 196 Å². The Morgan fingerprint density at radius 1 is 0.362 bits per heavy atom. The van der Waals surface area contributed by atoms with Crippen molar-refractivity contribution in [3.05, 3.63) is 204 Å². The Hall–Kier alpha value is -7.16. The molecule has 1 unspecified atom stereocenters. The fourth-order valence-corrected chi connectivity index (χ4v) is 9.73. The van der Waals surface area contributed by atoms with Gasteiger partial charge in [0.05, 0.1) is 0 Å². The molecular formula is C56H38O2. The van der Waals surface area contributed by atoms with Crippen molar-refractivity contribution >= 4 is 87.0 Å². The van der Waals surface area contributed by atoms with Crippen LogP contribution in [-0.2, 0) is 0 Å². The molecule has 2 heterocycles. The van der Waals surface area contributed by atoms with Crippen molar-refractivity contribution in [2.24, 2.45) is 0 Å². The Bertz CT molecular complexity index is 3540. The first-order valence-electron chi connectivity index (χ1n) is 20.3. The molecule has 10 aromatic carbocycles. The SMILES string of the molecule is CC(C)c1ccc(C(c2c3ccccc3c(-c3ccc4oc5cc6cc7ccccc7cc6cc5c4c3)c3ccccc23)c2cccc3c2oc2ccccc23)cc1. The van der Waals surface area contributed by atoms with E-state index in [0.29, 0.717) is 5.92 Å². The highest BCUT2D eigenvalue weighted by molar-refractivity contribution is 6.18. The van der Waals surface area contributed by atoms with E-state index in [-0.39, 0.29) is 5.92 Å². The Labute approximate surface area is 335 Å². The predicted molar refractivity (Wildman–Crippen MR) is 244 cm³/mol. The summed E-state index contributed by atoms with van der Waals surface area (Å²) in [5.41, 5.74) is 11.1. The van der Waals surface area contributed by atoms with Crippen LogP contribution in [0.3, 0.4) is 0 Å². The van der Waals surface area contributed by atoms with Crippen LogP contribution in [0.4, 0.5) is 0 Å². The summed E-state index contributed by atoms with van der Waals surface area (Å²) in [4.78, 5) is 0. The zero-order chi connectivity index (χ0) is 38.5. The average molecular weight is 743 g/mol. The molecule has 0 amide bonds. The highest BCUT2D eigenvalue weighted by Gasteiger charge is 2.28. The van der Waals surface area contributed by atoms with Crippen LogP contribution in [0, 0.1) is 0 Å². The third-order valence-electron chi connectivity index (χ3n) is 12.5. The third kappa shape index (κ3) is 4.98. The summed E-state index contributed by atoms with van der Waals surface area (Å²) < 4.78 is 13.4. The number of hydrogen-bond donors (Lipinski definition) is 0. The van der Waals surface area contributed by atoms with Gasteiger partial charge in [-0.25, -0.2) is 0 Å². The Morgan fingerprint density at radius 3 is 1.64 bits per heavy atom. The number of benzene rings is 10. The fraction of sp³-hybridized carbons (Fsp3) is 0.0714. The van der Waals surface area contributed by atoms with Gasteiger partial charge in [0.15, 0.2) is 0 Å². The van der Waals surface area contributed by atoms with Crippen molar-refractivity contribution in [1.82, 2.24) is 0 Å². The van der Waals surface area contributed by atoms with E-state index >= 15 is 0 Å². The predicted octanol–water partition coefficient (Wildman–Crippen LogP) is 16.1. The van der Waals surface area contributed by atoms with Crippen molar-refractivity contribution in [3.8, 4) is 11.1 Å². The van der Waals surface area contributed by atoms with Gasteiger partial charge in [-0.05, 0) is 119 Å². The molecule has 0 aliphatic rings. The number of fused-ring (bicyclic) bond motifs is 10. The summed E-state index contributed by atoms with van der Waals surface area (Å²) in [5.74, 6) is 0.342. The van der Waals surface area contributed by atoms with Crippen LogP contribution < -0.4 is 0 Å². The number of para-hydroxylation sites is 2. The minimum atomic E-state index is -0.0982. The van der Waals surface area contributed by atoms with E-state index < -0.39 is 0 Å². The van der Waals surface area contributed by atoms with Crippen molar-refractivity contribution in [1.29, 1.82) is 0 Å². The second-order valence-electron chi connectivity index (χ2n) is 16.2. The topological polar surface area (TPSA) is 26.3 Å². The van der Waals surface area contributed by atoms with Gasteiger partial charge < -0.3 is 8.83 Å². The smallest absolute Gasteiger partial charge is 0.139 e. The monoisotopic (exact) mass is 742 g/mol. The normalized spacial score (nSPS) is 12.7. The van der Waals surface area contributed by atoms with Crippen molar-refractivity contribution in [2.45, 2.75) is 25.7 Å². The number of rotatable bonds is 5. The summed E-state index contributed by atoms with van der Waals surface area (Å²) >= 11 is 0. The molecule has 2 heteroatoms. The lowest BCUT2D eigenvalue weighted by Gasteiger charge is -2.25. The molecule has 0 saturated heterocycles. The van der Waals surface area contributed by atoms with Crippen LogP contribution in [0.1, 0.15) is 47.9 Å². The minimum absolute atomic E-state index is 0.0982. The highest BCUT2D eigenvalue weighted by atomic mass is 16.3. The summed E-state index contributed by atoms with van der Waals surface area (Å²) in [5, 5.41) is 14.3. The largest absolute Gasteiger partial charge is 0.456 e. The fourth-order valence-electron chi connectivity index (χ4n) is 9.73. The van der Waals surface area contributed by atoms with Crippen LogP contribution in [0.5, 0.6) is 0 Å². The molecule has 2 aromatic heterocycles. The van der Waals surface area contributed by atoms with Gasteiger partial charge in [0, 0.05) is 33.0 Å². The van der Waals surface area contributed by atoms with Gasteiger partial charge in [0.1, 0.15) is 22.3 Å². The van der Waals surface area contributed by atoms with Crippen LogP contribution in [0.25, 0.3) is 98.1 Å². The molecular weight excluding hydrogens is 705 g/mol.